The van der Waals surface area contributed by atoms with Crippen LogP contribution in [0.1, 0.15) is 44.1 Å². The zero-order valence-electron chi connectivity index (χ0n) is 20.6. The third-order valence-corrected chi connectivity index (χ3v) is 7.10. The Morgan fingerprint density at radius 3 is 2.54 bits per heavy atom. The molecule has 10 heteroatoms. The molecule has 2 amide bonds. The highest BCUT2D eigenvalue weighted by atomic mass is 32.1. The Kier molecular flexibility index (Phi) is 6.93. The number of rotatable bonds is 4. The molecule has 0 atom stereocenters. The smallest absolute Gasteiger partial charge is 0.412 e. The largest absolute Gasteiger partial charge is 0.444 e. The highest BCUT2D eigenvalue weighted by molar-refractivity contribution is 7.18. The first-order chi connectivity index (χ1) is 16.5. The van der Waals surface area contributed by atoms with Crippen LogP contribution in [-0.4, -0.2) is 40.7 Å². The van der Waals surface area contributed by atoms with Gasteiger partial charge in [-0.15, -0.1) is 11.3 Å². The third-order valence-electron chi connectivity index (χ3n) is 5.98. The number of anilines is 3. The van der Waals surface area contributed by atoms with E-state index in [9.17, 15) is 14.0 Å². The number of aryl methyl sites for hydroxylation is 2. The third kappa shape index (κ3) is 5.70. The van der Waals surface area contributed by atoms with Crippen LogP contribution in [0.2, 0.25) is 0 Å². The molecule has 0 saturated carbocycles. The second-order valence-electron chi connectivity index (χ2n) is 9.73. The quantitative estimate of drug-likeness (QED) is 0.482. The van der Waals surface area contributed by atoms with Gasteiger partial charge < -0.3 is 15.0 Å². The normalized spacial score (nSPS) is 14.7. The number of amides is 2. The molecule has 8 nitrogen and oxygen atoms in total. The van der Waals surface area contributed by atoms with Crippen LogP contribution in [0.5, 0.6) is 0 Å². The lowest BCUT2D eigenvalue weighted by atomic mass is 9.95. The summed E-state index contributed by atoms with van der Waals surface area (Å²) in [6.07, 6.45) is 2.18. The Labute approximate surface area is 207 Å². The van der Waals surface area contributed by atoms with Gasteiger partial charge in [0.25, 0.3) is 0 Å². The van der Waals surface area contributed by atoms with Crippen molar-refractivity contribution in [2.45, 2.75) is 53.1 Å². The van der Waals surface area contributed by atoms with Crippen LogP contribution in [0.4, 0.5) is 26.4 Å². The lowest BCUT2D eigenvalue weighted by Crippen LogP contribution is -2.38. The summed E-state index contributed by atoms with van der Waals surface area (Å²) in [7, 11) is 0. The molecular formula is C25H30FN5O3S. The minimum absolute atomic E-state index is 0.0546. The number of carbonyl (C=O) groups excluding carboxylic acids is 2. The number of carbonyl (C=O) groups is 2. The molecule has 1 aliphatic rings. The molecule has 4 rings (SSSR count). The van der Waals surface area contributed by atoms with E-state index in [0.717, 1.165) is 16.0 Å². The van der Waals surface area contributed by atoms with E-state index >= 15 is 0 Å². The minimum Gasteiger partial charge on any atom is -0.444 e. The van der Waals surface area contributed by atoms with E-state index in [0.29, 0.717) is 31.6 Å². The number of halogens is 1. The van der Waals surface area contributed by atoms with Crippen LogP contribution >= 0.6 is 11.3 Å². The fourth-order valence-electron chi connectivity index (χ4n) is 4.11. The van der Waals surface area contributed by atoms with Crippen molar-refractivity contribution in [3.63, 3.8) is 0 Å². The Balaban J connectivity index is 1.39. The number of thiophene rings is 1. The number of nitrogens with one attached hydrogen (secondary N) is 2. The van der Waals surface area contributed by atoms with Crippen LogP contribution in [0.25, 0.3) is 10.2 Å². The molecule has 2 aromatic heterocycles. The van der Waals surface area contributed by atoms with Crippen molar-refractivity contribution in [2.75, 3.05) is 28.6 Å². The SMILES string of the molecule is Cc1sc2ncnc(N3CCC(C(=O)Nc4ccc(F)c(NC(=O)OC(C)(C)C)c4)CC3)c2c1C. The number of hydrogen-bond donors (Lipinski definition) is 2. The summed E-state index contributed by atoms with van der Waals surface area (Å²) < 4.78 is 19.4. The first kappa shape index (κ1) is 24.8. The predicted octanol–water partition coefficient (Wildman–Crippen LogP) is 5.65. The van der Waals surface area contributed by atoms with E-state index in [2.05, 4.69) is 39.3 Å². The maximum absolute atomic E-state index is 14.2. The van der Waals surface area contributed by atoms with Gasteiger partial charge in [0.2, 0.25) is 5.91 Å². The van der Waals surface area contributed by atoms with Gasteiger partial charge in [-0.3, -0.25) is 10.1 Å². The Morgan fingerprint density at radius 1 is 1.14 bits per heavy atom. The summed E-state index contributed by atoms with van der Waals surface area (Å²) in [5, 5.41) is 6.35. The van der Waals surface area contributed by atoms with Gasteiger partial charge in [-0.2, -0.15) is 0 Å². The molecule has 3 heterocycles. The second kappa shape index (κ2) is 9.77. The molecule has 1 fully saturated rings. The van der Waals surface area contributed by atoms with Crippen molar-refractivity contribution < 1.29 is 18.7 Å². The maximum atomic E-state index is 14.2. The van der Waals surface area contributed by atoms with Gasteiger partial charge in [-0.05, 0) is 71.2 Å². The van der Waals surface area contributed by atoms with Crippen molar-refractivity contribution in [1.82, 2.24) is 9.97 Å². The standard InChI is InChI=1S/C25H30FN5O3S/c1-14-15(2)35-23-20(14)21(27-13-28-23)31-10-8-16(9-11-31)22(32)29-17-6-7-18(26)19(12-17)30-24(33)34-25(3,4)5/h6-7,12-13,16H,8-11H2,1-5H3,(H,29,32)(H,30,33). The van der Waals surface area contributed by atoms with Crippen molar-refractivity contribution in [3.05, 3.63) is 40.8 Å². The van der Waals surface area contributed by atoms with Gasteiger partial charge in [-0.1, -0.05) is 0 Å². The fourth-order valence-corrected chi connectivity index (χ4v) is 5.11. The van der Waals surface area contributed by atoms with E-state index in [1.807, 2.05) is 0 Å². The highest BCUT2D eigenvalue weighted by Crippen LogP contribution is 2.35. The summed E-state index contributed by atoms with van der Waals surface area (Å²) in [6, 6.07) is 4.07. The van der Waals surface area contributed by atoms with E-state index in [4.69, 9.17) is 4.74 Å². The number of fused-ring (bicyclic) bond motifs is 1. The van der Waals surface area contributed by atoms with Gasteiger partial charge in [0.1, 0.15) is 28.4 Å². The average Bonchev–Trinajstić information content (AvgIpc) is 3.08. The topological polar surface area (TPSA) is 96.5 Å². The van der Waals surface area contributed by atoms with Gasteiger partial charge in [0.05, 0.1) is 11.1 Å². The zero-order valence-corrected chi connectivity index (χ0v) is 21.4. The Hall–Kier alpha value is -3.27. The van der Waals surface area contributed by atoms with Crippen LogP contribution < -0.4 is 15.5 Å². The summed E-state index contributed by atoms with van der Waals surface area (Å²) in [5.41, 5.74) is 0.847. The summed E-state index contributed by atoms with van der Waals surface area (Å²) in [5.74, 6) is 0.000433. The summed E-state index contributed by atoms with van der Waals surface area (Å²) in [4.78, 5) is 38.3. The number of ether oxygens (including phenoxy) is 1. The first-order valence-electron chi connectivity index (χ1n) is 11.6. The van der Waals surface area contributed by atoms with Gasteiger partial charge >= 0.3 is 6.09 Å². The molecule has 1 saturated heterocycles. The van der Waals surface area contributed by atoms with Crippen LogP contribution in [-0.2, 0) is 9.53 Å². The second-order valence-corrected chi connectivity index (χ2v) is 10.9. The van der Waals surface area contributed by atoms with Gasteiger partial charge in [0, 0.05) is 29.6 Å². The maximum Gasteiger partial charge on any atom is 0.412 e. The van der Waals surface area contributed by atoms with Gasteiger partial charge in [-0.25, -0.2) is 19.2 Å². The zero-order chi connectivity index (χ0) is 25.3. The Bertz CT molecular complexity index is 1260. The first-order valence-corrected chi connectivity index (χ1v) is 12.4. The van der Waals surface area contributed by atoms with Crippen LogP contribution in [0.3, 0.4) is 0 Å². The van der Waals surface area contributed by atoms with Crippen molar-refractivity contribution in [2.24, 2.45) is 5.92 Å². The van der Waals surface area contributed by atoms with Crippen LogP contribution in [0.15, 0.2) is 24.5 Å². The lowest BCUT2D eigenvalue weighted by molar-refractivity contribution is -0.120. The molecule has 0 radical (unpaired) electrons. The molecule has 0 unspecified atom stereocenters. The van der Waals surface area contributed by atoms with E-state index in [1.165, 1.54) is 28.6 Å². The molecular weight excluding hydrogens is 469 g/mol. The molecule has 0 aliphatic carbocycles. The molecule has 2 N–H and O–H groups in total. The number of hydrogen-bond acceptors (Lipinski definition) is 7. The molecule has 0 bridgehead atoms. The van der Waals surface area contributed by atoms with Crippen molar-refractivity contribution >= 4 is 50.7 Å². The summed E-state index contributed by atoms with van der Waals surface area (Å²) in [6.45, 7) is 10.8. The monoisotopic (exact) mass is 499 g/mol. The average molecular weight is 500 g/mol. The van der Waals surface area contributed by atoms with E-state index < -0.39 is 17.5 Å². The molecule has 35 heavy (non-hydrogen) atoms. The lowest BCUT2D eigenvalue weighted by Gasteiger charge is -2.32. The highest BCUT2D eigenvalue weighted by Gasteiger charge is 2.28. The molecule has 3 aromatic rings. The fraction of sp³-hybridized carbons (Fsp3) is 0.440. The van der Waals surface area contributed by atoms with E-state index in [1.54, 1.807) is 38.4 Å². The van der Waals surface area contributed by atoms with E-state index in [-0.39, 0.29) is 17.5 Å². The predicted molar refractivity (Wildman–Crippen MR) is 137 cm³/mol. The van der Waals surface area contributed by atoms with Crippen molar-refractivity contribution in [1.29, 1.82) is 0 Å². The van der Waals surface area contributed by atoms with Gasteiger partial charge in [0.15, 0.2) is 0 Å². The summed E-state index contributed by atoms with van der Waals surface area (Å²) >= 11 is 1.67. The molecule has 1 aromatic carbocycles. The molecule has 0 spiro atoms. The number of piperidine rings is 1. The van der Waals surface area contributed by atoms with Crippen LogP contribution in [0, 0.1) is 25.6 Å². The Morgan fingerprint density at radius 2 is 1.86 bits per heavy atom. The number of aromatic nitrogens is 2. The number of nitrogens with zero attached hydrogens (tertiary/aromatic N) is 3. The van der Waals surface area contributed by atoms with Crippen molar-refractivity contribution in [3.8, 4) is 0 Å². The minimum atomic E-state index is -0.762. The molecule has 1 aliphatic heterocycles. The number of benzene rings is 1. The molecule has 186 valence electrons.